The Balaban J connectivity index is 1.70. The van der Waals surface area contributed by atoms with Crippen molar-refractivity contribution < 1.29 is 13.2 Å². The van der Waals surface area contributed by atoms with E-state index in [9.17, 15) is 13.2 Å². The van der Waals surface area contributed by atoms with E-state index in [0.29, 0.717) is 50.7 Å². The number of nitrogens with zero attached hydrogens (tertiary/aromatic N) is 1. The number of hydrogen-bond acceptors (Lipinski definition) is 3. The van der Waals surface area contributed by atoms with Crippen LogP contribution in [0.2, 0.25) is 20.1 Å². The number of anilines is 1. The standard InChI is InChI=1S/C19H18Cl4N2O3S/c20-14-4-3-13(17(23)8-14)11-29(27,28)25-7-1-2-12(10-25)19(26)24-18-9-15(21)5-6-16(18)22/h3-6,8-9,12H,1-2,7,10-11H2,(H,24,26). The van der Waals surface area contributed by atoms with Crippen molar-refractivity contribution in [2.75, 3.05) is 18.4 Å². The molecule has 2 aromatic carbocycles. The lowest BCUT2D eigenvalue weighted by molar-refractivity contribution is -0.120. The van der Waals surface area contributed by atoms with Crippen molar-refractivity contribution >= 4 is 68.0 Å². The molecular formula is C19H18Cl4N2O3S. The molecule has 1 N–H and O–H groups in total. The van der Waals surface area contributed by atoms with E-state index in [4.69, 9.17) is 46.4 Å². The molecule has 0 radical (unpaired) electrons. The van der Waals surface area contributed by atoms with E-state index in [1.807, 2.05) is 0 Å². The van der Waals surface area contributed by atoms with Crippen LogP contribution in [0.15, 0.2) is 36.4 Å². The molecule has 0 saturated carbocycles. The van der Waals surface area contributed by atoms with Gasteiger partial charge in [0.25, 0.3) is 0 Å². The van der Waals surface area contributed by atoms with Gasteiger partial charge in [-0.05, 0) is 48.7 Å². The summed E-state index contributed by atoms with van der Waals surface area (Å²) in [6.07, 6.45) is 1.16. The van der Waals surface area contributed by atoms with Gasteiger partial charge in [-0.15, -0.1) is 0 Å². The van der Waals surface area contributed by atoms with Crippen LogP contribution in [-0.4, -0.2) is 31.7 Å². The number of benzene rings is 2. The van der Waals surface area contributed by atoms with Gasteiger partial charge in [0.2, 0.25) is 15.9 Å². The Morgan fingerprint density at radius 2 is 1.72 bits per heavy atom. The summed E-state index contributed by atoms with van der Waals surface area (Å²) in [5.74, 6) is -1.04. The number of rotatable bonds is 5. The van der Waals surface area contributed by atoms with Gasteiger partial charge in [0.15, 0.2) is 0 Å². The second-order valence-corrected chi connectivity index (χ2v) is 10.5. The molecule has 1 aliphatic heterocycles. The smallest absolute Gasteiger partial charge is 0.228 e. The van der Waals surface area contributed by atoms with E-state index < -0.39 is 15.9 Å². The third-order valence-electron chi connectivity index (χ3n) is 4.69. The van der Waals surface area contributed by atoms with Crippen molar-refractivity contribution in [2.45, 2.75) is 18.6 Å². The van der Waals surface area contributed by atoms with E-state index in [1.54, 1.807) is 30.3 Å². The number of carbonyl (C=O) groups is 1. The fraction of sp³-hybridized carbons (Fsp3) is 0.316. The van der Waals surface area contributed by atoms with Gasteiger partial charge in [0.1, 0.15) is 0 Å². The minimum Gasteiger partial charge on any atom is -0.324 e. The van der Waals surface area contributed by atoms with Crippen LogP contribution in [0.4, 0.5) is 5.69 Å². The molecule has 1 atom stereocenters. The van der Waals surface area contributed by atoms with E-state index in [1.165, 1.54) is 10.4 Å². The van der Waals surface area contributed by atoms with E-state index in [2.05, 4.69) is 5.32 Å². The molecule has 0 aromatic heterocycles. The third-order valence-corrected chi connectivity index (χ3v) is 7.63. The number of hydrogen-bond donors (Lipinski definition) is 1. The van der Waals surface area contributed by atoms with E-state index >= 15 is 0 Å². The van der Waals surface area contributed by atoms with Gasteiger partial charge in [0, 0.05) is 28.2 Å². The number of amides is 1. The van der Waals surface area contributed by atoms with Crippen LogP contribution in [0.3, 0.4) is 0 Å². The molecule has 1 saturated heterocycles. The zero-order valence-electron chi connectivity index (χ0n) is 15.2. The number of carbonyl (C=O) groups excluding carboxylic acids is 1. The molecule has 1 heterocycles. The molecule has 0 aliphatic carbocycles. The van der Waals surface area contributed by atoms with Crippen molar-refractivity contribution in [1.29, 1.82) is 0 Å². The molecular weight excluding hydrogens is 478 g/mol. The molecule has 2 aromatic rings. The van der Waals surface area contributed by atoms with Gasteiger partial charge >= 0.3 is 0 Å². The fourth-order valence-corrected chi connectivity index (χ4v) is 5.70. The van der Waals surface area contributed by atoms with Crippen molar-refractivity contribution in [1.82, 2.24) is 4.31 Å². The highest BCUT2D eigenvalue weighted by molar-refractivity contribution is 7.88. The van der Waals surface area contributed by atoms with Gasteiger partial charge in [-0.3, -0.25) is 4.79 Å². The van der Waals surface area contributed by atoms with Gasteiger partial charge in [0.05, 0.1) is 22.4 Å². The summed E-state index contributed by atoms with van der Waals surface area (Å²) in [5.41, 5.74) is 0.866. The minimum absolute atomic E-state index is 0.0948. The van der Waals surface area contributed by atoms with Crippen LogP contribution in [-0.2, 0) is 20.6 Å². The second kappa shape index (κ2) is 9.41. The van der Waals surface area contributed by atoms with Crippen molar-refractivity contribution in [3.8, 4) is 0 Å². The Morgan fingerprint density at radius 3 is 2.45 bits per heavy atom. The van der Waals surface area contributed by atoms with Gasteiger partial charge in [-0.25, -0.2) is 12.7 Å². The Hall–Kier alpha value is -1.02. The van der Waals surface area contributed by atoms with Crippen LogP contribution >= 0.6 is 46.4 Å². The first kappa shape index (κ1) is 22.7. The van der Waals surface area contributed by atoms with Gasteiger partial charge in [-0.1, -0.05) is 52.5 Å². The molecule has 1 aliphatic rings. The summed E-state index contributed by atoms with van der Waals surface area (Å²) in [5, 5.41) is 4.28. The fourth-order valence-electron chi connectivity index (χ4n) is 3.16. The van der Waals surface area contributed by atoms with Crippen LogP contribution < -0.4 is 5.32 Å². The van der Waals surface area contributed by atoms with Crippen LogP contribution in [0, 0.1) is 5.92 Å². The highest BCUT2D eigenvalue weighted by Crippen LogP contribution is 2.29. The Morgan fingerprint density at radius 1 is 1.03 bits per heavy atom. The first-order valence-corrected chi connectivity index (χ1v) is 12.0. The van der Waals surface area contributed by atoms with Crippen molar-refractivity contribution in [3.63, 3.8) is 0 Å². The molecule has 1 unspecified atom stereocenters. The first-order chi connectivity index (χ1) is 13.7. The normalized spacial score (nSPS) is 17.9. The highest BCUT2D eigenvalue weighted by atomic mass is 35.5. The largest absolute Gasteiger partial charge is 0.324 e. The lowest BCUT2D eigenvalue weighted by Crippen LogP contribution is -2.44. The lowest BCUT2D eigenvalue weighted by atomic mass is 9.99. The summed E-state index contributed by atoms with van der Waals surface area (Å²) in [7, 11) is -3.65. The van der Waals surface area contributed by atoms with E-state index in [-0.39, 0.29) is 18.2 Å². The summed E-state index contributed by atoms with van der Waals surface area (Å²) < 4.78 is 27.1. The number of piperidine rings is 1. The van der Waals surface area contributed by atoms with Crippen LogP contribution in [0.5, 0.6) is 0 Å². The quantitative estimate of drug-likeness (QED) is 0.597. The maximum Gasteiger partial charge on any atom is 0.228 e. The molecule has 3 rings (SSSR count). The van der Waals surface area contributed by atoms with E-state index in [0.717, 1.165) is 0 Å². The molecule has 0 bridgehead atoms. The summed E-state index contributed by atoms with van der Waals surface area (Å²) >= 11 is 24.0. The number of sulfonamides is 1. The molecule has 0 spiro atoms. The van der Waals surface area contributed by atoms with Crippen molar-refractivity contribution in [2.24, 2.45) is 5.92 Å². The zero-order chi connectivity index (χ0) is 21.2. The lowest BCUT2D eigenvalue weighted by Gasteiger charge is -2.31. The average molecular weight is 496 g/mol. The Kier molecular flexibility index (Phi) is 7.36. The van der Waals surface area contributed by atoms with Gasteiger partial charge in [-0.2, -0.15) is 0 Å². The third kappa shape index (κ3) is 5.78. The minimum atomic E-state index is -3.65. The number of nitrogens with one attached hydrogen (secondary N) is 1. The summed E-state index contributed by atoms with van der Waals surface area (Å²) in [4.78, 5) is 12.7. The predicted molar refractivity (Wildman–Crippen MR) is 118 cm³/mol. The SMILES string of the molecule is O=C(Nc1cc(Cl)ccc1Cl)C1CCCN(S(=O)(=O)Cc2ccc(Cl)cc2Cl)C1. The molecule has 5 nitrogen and oxygen atoms in total. The molecule has 10 heteroatoms. The summed E-state index contributed by atoms with van der Waals surface area (Å²) in [6, 6.07) is 9.47. The molecule has 1 amide bonds. The maximum absolute atomic E-state index is 12.9. The maximum atomic E-state index is 12.9. The van der Waals surface area contributed by atoms with Crippen molar-refractivity contribution in [3.05, 3.63) is 62.1 Å². The van der Waals surface area contributed by atoms with Crippen LogP contribution in [0.1, 0.15) is 18.4 Å². The summed E-state index contributed by atoms with van der Waals surface area (Å²) in [6.45, 7) is 0.451. The average Bonchev–Trinajstić information content (AvgIpc) is 2.67. The molecule has 156 valence electrons. The van der Waals surface area contributed by atoms with Crippen LogP contribution in [0.25, 0.3) is 0 Å². The number of halogens is 4. The zero-order valence-corrected chi connectivity index (χ0v) is 19.0. The second-order valence-electron chi connectivity index (χ2n) is 6.80. The highest BCUT2D eigenvalue weighted by Gasteiger charge is 2.33. The topological polar surface area (TPSA) is 66.5 Å². The molecule has 1 fully saturated rings. The van der Waals surface area contributed by atoms with Gasteiger partial charge < -0.3 is 5.32 Å². The Bertz CT molecular complexity index is 1030. The molecule has 29 heavy (non-hydrogen) atoms. The first-order valence-electron chi connectivity index (χ1n) is 8.83. The predicted octanol–water partition coefficient (Wildman–Crippen LogP) is 5.48. The Labute approximate surface area is 189 Å². The monoisotopic (exact) mass is 494 g/mol.